The molecule has 29 heavy (non-hydrogen) atoms. The van der Waals surface area contributed by atoms with E-state index in [9.17, 15) is 4.79 Å². The van der Waals surface area contributed by atoms with Crippen LogP contribution in [0.25, 0.3) is 10.9 Å². The van der Waals surface area contributed by atoms with E-state index in [-0.39, 0.29) is 18.6 Å². The molecule has 0 saturated carbocycles. The van der Waals surface area contributed by atoms with Gasteiger partial charge in [-0.2, -0.15) is 0 Å². The minimum Gasteiger partial charge on any atom is -0.376 e. The van der Waals surface area contributed by atoms with Crippen LogP contribution in [0.5, 0.6) is 0 Å². The molecule has 4 rings (SSSR count). The fraction of sp³-hybridized carbons (Fsp3) is 0.348. The Balaban J connectivity index is 1.33. The Morgan fingerprint density at radius 1 is 1.21 bits per heavy atom. The van der Waals surface area contributed by atoms with Crippen LogP contribution in [-0.4, -0.2) is 41.2 Å². The molecule has 1 saturated heterocycles. The van der Waals surface area contributed by atoms with Crippen LogP contribution in [0.3, 0.4) is 0 Å². The highest BCUT2D eigenvalue weighted by Gasteiger charge is 2.16. The van der Waals surface area contributed by atoms with Gasteiger partial charge in [0.05, 0.1) is 12.7 Å². The van der Waals surface area contributed by atoms with E-state index in [1.807, 2.05) is 35.0 Å². The average molecular weight is 412 g/mol. The molecule has 1 amide bonds. The third-order valence-electron chi connectivity index (χ3n) is 5.26. The van der Waals surface area contributed by atoms with Crippen molar-refractivity contribution in [3.63, 3.8) is 0 Å². The maximum atomic E-state index is 12.5. The van der Waals surface area contributed by atoms with Gasteiger partial charge in [-0.3, -0.25) is 9.69 Å². The quantitative estimate of drug-likeness (QED) is 0.670. The van der Waals surface area contributed by atoms with E-state index >= 15 is 0 Å². The van der Waals surface area contributed by atoms with Crippen LogP contribution in [0.1, 0.15) is 18.1 Å². The van der Waals surface area contributed by atoms with Gasteiger partial charge in [0.1, 0.15) is 6.54 Å². The number of halogens is 1. The highest BCUT2D eigenvalue weighted by atomic mass is 35.5. The molecule has 3 aromatic rings. The fourth-order valence-corrected chi connectivity index (χ4v) is 4.00. The Morgan fingerprint density at radius 3 is 2.93 bits per heavy atom. The summed E-state index contributed by atoms with van der Waals surface area (Å²) in [5.74, 6) is -0.0186. The molecule has 5 nitrogen and oxygen atoms in total. The summed E-state index contributed by atoms with van der Waals surface area (Å²) in [6.45, 7) is 6.51. The Morgan fingerprint density at radius 2 is 2.07 bits per heavy atom. The molecule has 1 aromatic heterocycles. The molecule has 0 aliphatic carbocycles. The lowest BCUT2D eigenvalue weighted by Crippen LogP contribution is -2.40. The van der Waals surface area contributed by atoms with E-state index < -0.39 is 0 Å². The summed E-state index contributed by atoms with van der Waals surface area (Å²) in [5.41, 5.74) is 3.34. The number of morpholine rings is 1. The van der Waals surface area contributed by atoms with Gasteiger partial charge in [-0.15, -0.1) is 0 Å². The highest BCUT2D eigenvalue weighted by Crippen LogP contribution is 2.20. The van der Waals surface area contributed by atoms with Gasteiger partial charge >= 0.3 is 0 Å². The number of hydrogen-bond donors (Lipinski definition) is 1. The zero-order valence-corrected chi connectivity index (χ0v) is 17.4. The molecule has 1 atom stereocenters. The Labute approximate surface area is 176 Å². The number of carbonyl (C=O) groups is 1. The fourth-order valence-electron chi connectivity index (χ4n) is 3.84. The Hall–Kier alpha value is -2.34. The number of carbonyl (C=O) groups excluding carboxylic acids is 1. The van der Waals surface area contributed by atoms with Gasteiger partial charge in [0.25, 0.3) is 0 Å². The summed E-state index contributed by atoms with van der Waals surface area (Å²) < 4.78 is 7.54. The molecule has 0 spiro atoms. The van der Waals surface area contributed by atoms with Gasteiger partial charge in [-0.05, 0) is 41.6 Å². The summed E-state index contributed by atoms with van der Waals surface area (Å²) in [7, 11) is 0. The lowest BCUT2D eigenvalue weighted by Gasteiger charge is -2.31. The van der Waals surface area contributed by atoms with Crippen LogP contribution in [-0.2, 0) is 29.2 Å². The Bertz CT molecular complexity index is 1000. The molecule has 1 aliphatic rings. The van der Waals surface area contributed by atoms with Crippen LogP contribution in [0.4, 0.5) is 0 Å². The molecule has 6 heteroatoms. The summed E-state index contributed by atoms with van der Waals surface area (Å²) in [6.07, 6.45) is 2.20. The minimum atomic E-state index is -0.0186. The molecule has 1 aliphatic heterocycles. The summed E-state index contributed by atoms with van der Waals surface area (Å²) in [6, 6.07) is 16.1. The lowest BCUT2D eigenvalue weighted by molar-refractivity contribution is -0.121. The van der Waals surface area contributed by atoms with Gasteiger partial charge < -0.3 is 14.6 Å². The topological polar surface area (TPSA) is 46.5 Å². The molecule has 1 unspecified atom stereocenters. The van der Waals surface area contributed by atoms with Crippen LogP contribution in [0, 0.1) is 0 Å². The second kappa shape index (κ2) is 8.99. The van der Waals surface area contributed by atoms with Gasteiger partial charge in [0, 0.05) is 42.9 Å². The van der Waals surface area contributed by atoms with Crippen LogP contribution < -0.4 is 5.32 Å². The van der Waals surface area contributed by atoms with Crippen molar-refractivity contribution in [3.05, 3.63) is 70.9 Å². The summed E-state index contributed by atoms with van der Waals surface area (Å²) in [4.78, 5) is 14.9. The lowest BCUT2D eigenvalue weighted by atomic mass is 10.1. The monoisotopic (exact) mass is 411 g/mol. The third-order valence-corrected chi connectivity index (χ3v) is 5.50. The Kier molecular flexibility index (Phi) is 6.19. The largest absolute Gasteiger partial charge is 0.376 e. The van der Waals surface area contributed by atoms with E-state index in [0.29, 0.717) is 11.6 Å². The van der Waals surface area contributed by atoms with E-state index in [1.54, 1.807) is 0 Å². The van der Waals surface area contributed by atoms with E-state index in [4.69, 9.17) is 16.3 Å². The first-order valence-corrected chi connectivity index (χ1v) is 10.4. The number of rotatable bonds is 6. The van der Waals surface area contributed by atoms with Crippen molar-refractivity contribution < 1.29 is 9.53 Å². The van der Waals surface area contributed by atoms with Gasteiger partial charge in [0.15, 0.2) is 0 Å². The number of nitrogens with one attached hydrogen (secondary N) is 1. The second-order valence-corrected chi connectivity index (χ2v) is 8.10. The SMILES string of the molecule is CC1CN(Cc2cccc(CNC(=O)Cn3ccc4ccc(Cl)cc43)c2)CCO1. The van der Waals surface area contributed by atoms with Gasteiger partial charge in [0.2, 0.25) is 5.91 Å². The second-order valence-electron chi connectivity index (χ2n) is 7.66. The standard InChI is InChI=1S/C23H26ClN3O2/c1-17-14-26(9-10-29-17)15-19-4-2-3-18(11-19)13-25-23(28)16-27-8-7-20-5-6-21(24)12-22(20)27/h2-8,11-12,17H,9-10,13-16H2,1H3,(H,25,28). The van der Waals surface area contributed by atoms with Crippen molar-refractivity contribution in [2.24, 2.45) is 0 Å². The maximum absolute atomic E-state index is 12.5. The highest BCUT2D eigenvalue weighted by molar-refractivity contribution is 6.31. The number of amides is 1. The van der Waals surface area contributed by atoms with Crippen LogP contribution in [0.2, 0.25) is 5.02 Å². The number of benzene rings is 2. The number of aromatic nitrogens is 1. The van der Waals surface area contributed by atoms with Crippen LogP contribution >= 0.6 is 11.6 Å². The van der Waals surface area contributed by atoms with Crippen molar-refractivity contribution >= 4 is 28.4 Å². The molecule has 2 aromatic carbocycles. The molecule has 0 bridgehead atoms. The zero-order valence-electron chi connectivity index (χ0n) is 16.6. The molecular weight excluding hydrogens is 386 g/mol. The van der Waals surface area contributed by atoms with E-state index in [1.165, 1.54) is 5.56 Å². The molecule has 0 radical (unpaired) electrons. The third kappa shape index (κ3) is 5.18. The number of hydrogen-bond acceptors (Lipinski definition) is 3. The zero-order chi connectivity index (χ0) is 20.2. The average Bonchev–Trinajstić information content (AvgIpc) is 3.08. The van der Waals surface area contributed by atoms with Crippen molar-refractivity contribution in [2.75, 3.05) is 19.7 Å². The number of ether oxygens (including phenoxy) is 1. The molecule has 152 valence electrons. The molecular formula is C23H26ClN3O2. The van der Waals surface area contributed by atoms with Crippen molar-refractivity contribution in [3.8, 4) is 0 Å². The number of nitrogens with zero attached hydrogens (tertiary/aromatic N) is 2. The van der Waals surface area contributed by atoms with Crippen molar-refractivity contribution in [1.29, 1.82) is 0 Å². The minimum absolute atomic E-state index is 0.0186. The smallest absolute Gasteiger partial charge is 0.240 e. The predicted molar refractivity (Wildman–Crippen MR) is 116 cm³/mol. The van der Waals surface area contributed by atoms with Gasteiger partial charge in [-0.1, -0.05) is 41.9 Å². The first-order chi connectivity index (χ1) is 14.1. The van der Waals surface area contributed by atoms with E-state index in [2.05, 4.69) is 41.4 Å². The first kappa shape index (κ1) is 20.0. The van der Waals surface area contributed by atoms with Gasteiger partial charge in [-0.25, -0.2) is 0 Å². The number of fused-ring (bicyclic) bond motifs is 1. The molecule has 2 heterocycles. The maximum Gasteiger partial charge on any atom is 0.240 e. The van der Waals surface area contributed by atoms with Crippen LogP contribution in [0.15, 0.2) is 54.7 Å². The predicted octanol–water partition coefficient (Wildman–Crippen LogP) is 3.83. The molecule has 1 fully saturated rings. The first-order valence-electron chi connectivity index (χ1n) is 10.00. The summed E-state index contributed by atoms with van der Waals surface area (Å²) in [5, 5.41) is 4.78. The normalized spacial score (nSPS) is 17.5. The summed E-state index contributed by atoms with van der Waals surface area (Å²) >= 11 is 6.09. The molecule has 1 N–H and O–H groups in total. The van der Waals surface area contributed by atoms with E-state index in [0.717, 1.165) is 42.7 Å². The van der Waals surface area contributed by atoms with Crippen molar-refractivity contribution in [2.45, 2.75) is 32.7 Å². The van der Waals surface area contributed by atoms with Crippen molar-refractivity contribution in [1.82, 2.24) is 14.8 Å².